The molecule has 0 aliphatic carbocycles. The highest BCUT2D eigenvalue weighted by atomic mass is 35.5. The van der Waals surface area contributed by atoms with Crippen molar-refractivity contribution in [1.29, 1.82) is 0 Å². The summed E-state index contributed by atoms with van der Waals surface area (Å²) in [6, 6.07) is 3.84. The fourth-order valence-corrected chi connectivity index (χ4v) is 2.31. The molecule has 0 aliphatic rings. The Bertz CT molecular complexity index is 531. The summed E-state index contributed by atoms with van der Waals surface area (Å²) in [5.74, 6) is 0. The lowest BCUT2D eigenvalue weighted by molar-refractivity contribution is 0.657. The first kappa shape index (κ1) is 12.1. The second-order valence-corrected chi connectivity index (χ2v) is 4.53. The Balaban J connectivity index is 2.30. The second-order valence-electron chi connectivity index (χ2n) is 4.15. The third-order valence-electron chi connectivity index (χ3n) is 3.01. The quantitative estimate of drug-likeness (QED) is 0.783. The van der Waals surface area contributed by atoms with Crippen molar-refractivity contribution in [3.63, 3.8) is 0 Å². The molecule has 90 valence electrons. The average Bonchev–Trinajstić information content (AvgIpc) is 2.54. The highest BCUT2D eigenvalue weighted by Gasteiger charge is 2.09. The van der Waals surface area contributed by atoms with E-state index in [2.05, 4.69) is 30.9 Å². The van der Waals surface area contributed by atoms with E-state index in [9.17, 15) is 0 Å². The van der Waals surface area contributed by atoms with E-state index in [0.717, 1.165) is 24.2 Å². The zero-order valence-electron chi connectivity index (χ0n) is 10.4. The van der Waals surface area contributed by atoms with E-state index in [4.69, 9.17) is 11.6 Å². The molecule has 2 aromatic rings. The summed E-state index contributed by atoms with van der Waals surface area (Å²) in [6.07, 6.45) is 2.75. The predicted octanol–water partition coefficient (Wildman–Crippen LogP) is 3.16. The largest absolute Gasteiger partial charge is 0.265 e. The van der Waals surface area contributed by atoms with Gasteiger partial charge in [0.25, 0.3) is 0 Å². The molecule has 4 heteroatoms. The highest BCUT2D eigenvalue weighted by molar-refractivity contribution is 6.29. The average molecular weight is 250 g/mol. The molecule has 0 fully saturated rings. The molecule has 17 heavy (non-hydrogen) atoms. The highest BCUT2D eigenvalue weighted by Crippen LogP contribution is 2.16. The number of hydrogen-bond donors (Lipinski definition) is 0. The smallest absolute Gasteiger partial charge is 0.129 e. The molecule has 0 unspecified atom stereocenters. The number of pyridine rings is 1. The molecule has 0 N–H and O–H groups in total. The maximum atomic E-state index is 5.87. The van der Waals surface area contributed by atoms with Crippen LogP contribution in [0.2, 0.25) is 5.15 Å². The minimum absolute atomic E-state index is 0.528. The summed E-state index contributed by atoms with van der Waals surface area (Å²) >= 11 is 5.87. The van der Waals surface area contributed by atoms with E-state index in [1.54, 1.807) is 6.20 Å². The lowest BCUT2D eigenvalue weighted by atomic mass is 10.1. The van der Waals surface area contributed by atoms with Crippen LogP contribution in [0.4, 0.5) is 0 Å². The van der Waals surface area contributed by atoms with Gasteiger partial charge < -0.3 is 0 Å². The fraction of sp³-hybridized carbons (Fsp3) is 0.385. The first-order valence-electron chi connectivity index (χ1n) is 5.75. The Morgan fingerprint density at radius 2 is 2.12 bits per heavy atom. The SMILES string of the molecule is CCc1c(C)nn(Cc2ccnc(Cl)c2)c1C. The third kappa shape index (κ3) is 2.50. The van der Waals surface area contributed by atoms with E-state index in [-0.39, 0.29) is 0 Å². The molecule has 0 aromatic carbocycles. The van der Waals surface area contributed by atoms with Gasteiger partial charge >= 0.3 is 0 Å². The Kier molecular flexibility index (Phi) is 3.48. The number of aromatic nitrogens is 3. The van der Waals surface area contributed by atoms with Gasteiger partial charge in [-0.25, -0.2) is 4.98 Å². The zero-order valence-corrected chi connectivity index (χ0v) is 11.1. The van der Waals surface area contributed by atoms with Gasteiger partial charge in [-0.15, -0.1) is 0 Å². The van der Waals surface area contributed by atoms with Gasteiger partial charge in [-0.05, 0) is 43.5 Å². The van der Waals surface area contributed by atoms with E-state index in [1.807, 2.05) is 16.8 Å². The maximum absolute atomic E-state index is 5.87. The summed E-state index contributed by atoms with van der Waals surface area (Å²) in [5, 5.41) is 5.09. The summed E-state index contributed by atoms with van der Waals surface area (Å²) in [7, 11) is 0. The number of nitrogens with zero attached hydrogens (tertiary/aromatic N) is 3. The maximum Gasteiger partial charge on any atom is 0.129 e. The minimum Gasteiger partial charge on any atom is -0.265 e. The van der Waals surface area contributed by atoms with Crippen LogP contribution in [-0.2, 0) is 13.0 Å². The monoisotopic (exact) mass is 249 g/mol. The topological polar surface area (TPSA) is 30.7 Å². The molecule has 3 nitrogen and oxygen atoms in total. The summed E-state index contributed by atoms with van der Waals surface area (Å²) in [4.78, 5) is 3.98. The van der Waals surface area contributed by atoms with Crippen molar-refractivity contribution in [3.8, 4) is 0 Å². The fourth-order valence-electron chi connectivity index (χ4n) is 2.11. The number of aryl methyl sites for hydroxylation is 1. The molecular weight excluding hydrogens is 234 g/mol. The molecule has 2 aromatic heterocycles. The van der Waals surface area contributed by atoms with Crippen molar-refractivity contribution in [2.75, 3.05) is 0 Å². The van der Waals surface area contributed by atoms with Crippen molar-refractivity contribution < 1.29 is 0 Å². The van der Waals surface area contributed by atoms with Crippen LogP contribution in [0, 0.1) is 13.8 Å². The molecule has 0 saturated heterocycles. The Morgan fingerprint density at radius 3 is 2.71 bits per heavy atom. The van der Waals surface area contributed by atoms with Gasteiger partial charge in [0.15, 0.2) is 0 Å². The van der Waals surface area contributed by atoms with Gasteiger partial charge in [-0.1, -0.05) is 18.5 Å². The van der Waals surface area contributed by atoms with Crippen LogP contribution in [0.1, 0.15) is 29.4 Å². The normalized spacial score (nSPS) is 10.8. The molecule has 2 rings (SSSR count). The molecule has 0 radical (unpaired) electrons. The van der Waals surface area contributed by atoms with Gasteiger partial charge in [0.05, 0.1) is 12.2 Å². The lowest BCUT2D eigenvalue weighted by Gasteiger charge is -2.05. The Morgan fingerprint density at radius 1 is 1.35 bits per heavy atom. The number of halogens is 1. The third-order valence-corrected chi connectivity index (χ3v) is 3.21. The molecule has 0 saturated carbocycles. The van der Waals surface area contributed by atoms with E-state index in [0.29, 0.717) is 5.15 Å². The molecular formula is C13H16ClN3. The molecule has 0 aliphatic heterocycles. The van der Waals surface area contributed by atoms with Gasteiger partial charge in [-0.3, -0.25) is 4.68 Å². The van der Waals surface area contributed by atoms with Crippen LogP contribution in [0.5, 0.6) is 0 Å². The number of rotatable bonds is 3. The van der Waals surface area contributed by atoms with Crippen molar-refractivity contribution in [1.82, 2.24) is 14.8 Å². The van der Waals surface area contributed by atoms with E-state index >= 15 is 0 Å². The van der Waals surface area contributed by atoms with Crippen LogP contribution >= 0.6 is 11.6 Å². The summed E-state index contributed by atoms with van der Waals surface area (Å²) in [5.41, 5.74) is 4.81. The standard InChI is InChI=1S/C13H16ClN3/c1-4-12-9(2)16-17(10(12)3)8-11-5-6-15-13(14)7-11/h5-7H,4,8H2,1-3H3. The molecule has 0 atom stereocenters. The van der Waals surface area contributed by atoms with E-state index in [1.165, 1.54) is 11.3 Å². The van der Waals surface area contributed by atoms with Crippen LogP contribution in [0.3, 0.4) is 0 Å². The van der Waals surface area contributed by atoms with Crippen LogP contribution in [-0.4, -0.2) is 14.8 Å². The minimum atomic E-state index is 0.528. The van der Waals surface area contributed by atoms with Crippen molar-refractivity contribution in [3.05, 3.63) is 46.0 Å². The zero-order chi connectivity index (χ0) is 12.4. The van der Waals surface area contributed by atoms with Crippen molar-refractivity contribution in [2.24, 2.45) is 0 Å². The summed E-state index contributed by atoms with van der Waals surface area (Å²) in [6.45, 7) is 7.07. The van der Waals surface area contributed by atoms with Crippen molar-refractivity contribution in [2.45, 2.75) is 33.7 Å². The summed E-state index contributed by atoms with van der Waals surface area (Å²) < 4.78 is 2.03. The van der Waals surface area contributed by atoms with Gasteiger partial charge in [-0.2, -0.15) is 5.10 Å². The van der Waals surface area contributed by atoms with Crippen LogP contribution < -0.4 is 0 Å². The molecule has 2 heterocycles. The Hall–Kier alpha value is -1.35. The number of hydrogen-bond acceptors (Lipinski definition) is 2. The van der Waals surface area contributed by atoms with Gasteiger partial charge in [0, 0.05) is 11.9 Å². The molecule has 0 bridgehead atoms. The predicted molar refractivity (Wildman–Crippen MR) is 69.4 cm³/mol. The lowest BCUT2D eigenvalue weighted by Crippen LogP contribution is -2.04. The molecule has 0 spiro atoms. The first-order chi connectivity index (χ1) is 8.11. The molecule has 0 amide bonds. The van der Waals surface area contributed by atoms with Crippen LogP contribution in [0.25, 0.3) is 0 Å². The van der Waals surface area contributed by atoms with Gasteiger partial charge in [0.1, 0.15) is 5.15 Å². The van der Waals surface area contributed by atoms with Crippen molar-refractivity contribution >= 4 is 11.6 Å². The van der Waals surface area contributed by atoms with E-state index < -0.39 is 0 Å². The second kappa shape index (κ2) is 4.88. The van der Waals surface area contributed by atoms with Gasteiger partial charge in [0.2, 0.25) is 0 Å². The van der Waals surface area contributed by atoms with Crippen LogP contribution in [0.15, 0.2) is 18.3 Å². The Labute approximate surface area is 106 Å². The first-order valence-corrected chi connectivity index (χ1v) is 6.13.